The van der Waals surface area contributed by atoms with E-state index in [0.717, 1.165) is 24.9 Å². The van der Waals surface area contributed by atoms with Crippen LogP contribution in [0.4, 0.5) is 5.69 Å². The Kier molecular flexibility index (Phi) is 4.39. The van der Waals surface area contributed by atoms with Gasteiger partial charge < -0.3 is 10.0 Å². The van der Waals surface area contributed by atoms with Crippen molar-refractivity contribution in [3.8, 4) is 12.1 Å². The van der Waals surface area contributed by atoms with Crippen molar-refractivity contribution < 1.29 is 5.11 Å². The van der Waals surface area contributed by atoms with Crippen LogP contribution in [0.15, 0.2) is 18.2 Å². The average Bonchev–Trinajstić information content (AvgIpc) is 2.45. The Hall–Kier alpha value is -2.04. The molecule has 0 aliphatic carbocycles. The van der Waals surface area contributed by atoms with Gasteiger partial charge in [0, 0.05) is 25.2 Å². The Morgan fingerprint density at radius 3 is 2.79 bits per heavy atom. The fraction of sp³-hybridized carbons (Fsp3) is 0.467. The Balaban J connectivity index is 2.20. The number of nitriles is 2. The number of fused-ring (bicyclic) bond motifs is 1. The molecule has 1 aliphatic rings. The van der Waals surface area contributed by atoms with E-state index in [9.17, 15) is 0 Å². The molecule has 98 valence electrons. The molecule has 2 rings (SSSR count). The Morgan fingerprint density at radius 1 is 1.32 bits per heavy atom. The number of aryl methyl sites for hydroxylation is 1. The molecule has 1 aromatic carbocycles. The van der Waals surface area contributed by atoms with Crippen molar-refractivity contribution >= 4 is 5.69 Å². The number of nitrogens with zero attached hydrogens (tertiary/aromatic N) is 3. The van der Waals surface area contributed by atoms with Crippen LogP contribution < -0.4 is 4.90 Å². The molecular weight excluding hydrogens is 238 g/mol. The molecule has 0 atom stereocenters. The van der Waals surface area contributed by atoms with Crippen molar-refractivity contribution in [2.75, 3.05) is 24.6 Å². The molecule has 1 aliphatic heterocycles. The summed E-state index contributed by atoms with van der Waals surface area (Å²) in [5.41, 5.74) is 3.47. The van der Waals surface area contributed by atoms with Crippen molar-refractivity contribution in [2.45, 2.75) is 19.3 Å². The third kappa shape index (κ3) is 3.05. The molecule has 0 spiro atoms. The van der Waals surface area contributed by atoms with Crippen LogP contribution in [0.2, 0.25) is 0 Å². The molecule has 0 fully saturated rings. The van der Waals surface area contributed by atoms with Gasteiger partial charge in [-0.2, -0.15) is 10.5 Å². The molecule has 19 heavy (non-hydrogen) atoms. The van der Waals surface area contributed by atoms with Gasteiger partial charge >= 0.3 is 0 Å². The van der Waals surface area contributed by atoms with E-state index in [2.05, 4.69) is 11.0 Å². The molecule has 4 heteroatoms. The summed E-state index contributed by atoms with van der Waals surface area (Å²) in [6, 6.07) is 10.1. The number of hydrogen-bond acceptors (Lipinski definition) is 4. The van der Waals surface area contributed by atoms with Crippen LogP contribution in [-0.2, 0) is 12.8 Å². The van der Waals surface area contributed by atoms with Crippen LogP contribution in [0.1, 0.15) is 17.5 Å². The minimum Gasteiger partial charge on any atom is -0.395 e. The highest BCUT2D eigenvalue weighted by Gasteiger charge is 2.17. The second kappa shape index (κ2) is 6.22. The van der Waals surface area contributed by atoms with Crippen LogP contribution in [0, 0.1) is 28.6 Å². The zero-order valence-electron chi connectivity index (χ0n) is 10.8. The number of aliphatic hydroxyl groups is 1. The molecule has 0 unspecified atom stereocenters. The zero-order chi connectivity index (χ0) is 13.7. The minimum absolute atomic E-state index is 0.159. The molecule has 1 heterocycles. The highest BCUT2D eigenvalue weighted by molar-refractivity contribution is 5.57. The third-order valence-corrected chi connectivity index (χ3v) is 3.48. The molecule has 4 nitrogen and oxygen atoms in total. The first-order valence-corrected chi connectivity index (χ1v) is 6.55. The fourth-order valence-corrected chi connectivity index (χ4v) is 2.56. The summed E-state index contributed by atoms with van der Waals surface area (Å²) in [5.74, 6) is -0.574. The molecule has 0 radical (unpaired) electrons. The van der Waals surface area contributed by atoms with Gasteiger partial charge in [0.05, 0.1) is 18.7 Å². The number of rotatable bonds is 4. The van der Waals surface area contributed by atoms with E-state index in [1.54, 1.807) is 0 Å². The molecular formula is C15H17N3O. The maximum atomic E-state index is 9.07. The number of hydrogen-bond donors (Lipinski definition) is 1. The third-order valence-electron chi connectivity index (χ3n) is 3.48. The van der Waals surface area contributed by atoms with E-state index in [1.807, 2.05) is 24.3 Å². The van der Waals surface area contributed by atoms with Gasteiger partial charge in [-0.05, 0) is 30.0 Å². The van der Waals surface area contributed by atoms with Crippen LogP contribution in [-0.4, -0.2) is 24.8 Å². The van der Waals surface area contributed by atoms with Gasteiger partial charge in [0.25, 0.3) is 0 Å². The summed E-state index contributed by atoms with van der Waals surface area (Å²) in [5, 5.41) is 26.7. The van der Waals surface area contributed by atoms with Gasteiger partial charge in [-0.3, -0.25) is 0 Å². The first-order valence-electron chi connectivity index (χ1n) is 6.55. The number of aliphatic hydroxyl groups excluding tert-OH is 1. The largest absolute Gasteiger partial charge is 0.395 e. The average molecular weight is 255 g/mol. The summed E-state index contributed by atoms with van der Waals surface area (Å²) < 4.78 is 0. The summed E-state index contributed by atoms with van der Waals surface area (Å²) in [6.45, 7) is 1.80. The second-order valence-corrected chi connectivity index (χ2v) is 4.79. The van der Waals surface area contributed by atoms with Crippen LogP contribution in [0.3, 0.4) is 0 Å². The van der Waals surface area contributed by atoms with Gasteiger partial charge in [0.2, 0.25) is 0 Å². The summed E-state index contributed by atoms with van der Waals surface area (Å²) in [4.78, 5) is 2.19. The van der Waals surface area contributed by atoms with E-state index < -0.39 is 5.92 Å². The van der Waals surface area contributed by atoms with Crippen molar-refractivity contribution in [3.63, 3.8) is 0 Å². The Bertz CT molecular complexity index is 513. The number of benzene rings is 1. The van der Waals surface area contributed by atoms with Gasteiger partial charge in [-0.25, -0.2) is 0 Å². The quantitative estimate of drug-likeness (QED) is 0.887. The van der Waals surface area contributed by atoms with E-state index in [1.165, 1.54) is 11.3 Å². The van der Waals surface area contributed by atoms with E-state index >= 15 is 0 Å². The van der Waals surface area contributed by atoms with Crippen LogP contribution >= 0.6 is 0 Å². The van der Waals surface area contributed by atoms with Crippen molar-refractivity contribution in [2.24, 2.45) is 5.92 Å². The molecule has 0 saturated carbocycles. The zero-order valence-corrected chi connectivity index (χ0v) is 10.8. The maximum absolute atomic E-state index is 9.07. The molecule has 0 saturated heterocycles. The van der Waals surface area contributed by atoms with Crippen molar-refractivity contribution in [1.82, 2.24) is 0 Å². The Labute approximate surface area is 113 Å². The minimum atomic E-state index is -0.574. The van der Waals surface area contributed by atoms with Crippen molar-refractivity contribution in [3.05, 3.63) is 29.3 Å². The monoisotopic (exact) mass is 255 g/mol. The highest BCUT2D eigenvalue weighted by atomic mass is 16.3. The van der Waals surface area contributed by atoms with Gasteiger partial charge in [0.1, 0.15) is 5.92 Å². The van der Waals surface area contributed by atoms with Crippen LogP contribution in [0.5, 0.6) is 0 Å². The molecule has 0 amide bonds. The first kappa shape index (κ1) is 13.4. The normalized spacial score (nSPS) is 13.8. The van der Waals surface area contributed by atoms with E-state index in [4.69, 9.17) is 15.6 Å². The van der Waals surface area contributed by atoms with Gasteiger partial charge in [-0.15, -0.1) is 0 Å². The summed E-state index contributed by atoms with van der Waals surface area (Å²) >= 11 is 0. The lowest BCUT2D eigenvalue weighted by molar-refractivity contribution is 0.301. The SMILES string of the molecule is N#CC(C#N)Cc1ccc2c(c1)CCCN2CCO. The van der Waals surface area contributed by atoms with Gasteiger partial charge in [-0.1, -0.05) is 12.1 Å². The lowest BCUT2D eigenvalue weighted by atomic mass is 9.95. The van der Waals surface area contributed by atoms with E-state index in [-0.39, 0.29) is 6.61 Å². The molecule has 0 aromatic heterocycles. The van der Waals surface area contributed by atoms with E-state index in [0.29, 0.717) is 13.0 Å². The summed E-state index contributed by atoms with van der Waals surface area (Å²) in [6.07, 6.45) is 2.59. The summed E-state index contributed by atoms with van der Waals surface area (Å²) in [7, 11) is 0. The lowest BCUT2D eigenvalue weighted by Crippen LogP contribution is -2.31. The molecule has 0 bridgehead atoms. The second-order valence-electron chi connectivity index (χ2n) is 4.79. The fourth-order valence-electron chi connectivity index (χ4n) is 2.56. The van der Waals surface area contributed by atoms with Crippen LogP contribution in [0.25, 0.3) is 0 Å². The first-order chi connectivity index (χ1) is 9.28. The number of β-amino-alcohol motifs (C(OH)–C–C–N with tert-alkyl or cyclic N) is 1. The predicted octanol–water partition coefficient (Wildman–Crippen LogP) is 1.64. The maximum Gasteiger partial charge on any atom is 0.137 e. The lowest BCUT2D eigenvalue weighted by Gasteiger charge is -2.31. The van der Waals surface area contributed by atoms with Crippen molar-refractivity contribution in [1.29, 1.82) is 10.5 Å². The Morgan fingerprint density at radius 2 is 2.11 bits per heavy atom. The smallest absolute Gasteiger partial charge is 0.137 e. The standard InChI is InChI=1S/C15H17N3O/c16-10-13(11-17)8-12-3-4-15-14(9-12)2-1-5-18(15)6-7-19/h3-4,9,13,19H,1-2,5-8H2. The molecule has 1 N–H and O–H groups in total. The predicted molar refractivity (Wildman–Crippen MR) is 72.5 cm³/mol. The highest BCUT2D eigenvalue weighted by Crippen LogP contribution is 2.28. The number of anilines is 1. The van der Waals surface area contributed by atoms with Gasteiger partial charge in [0.15, 0.2) is 0 Å². The molecule has 1 aromatic rings. The topological polar surface area (TPSA) is 71.0 Å².